The van der Waals surface area contributed by atoms with E-state index in [4.69, 9.17) is 9.84 Å². The summed E-state index contributed by atoms with van der Waals surface area (Å²) in [7, 11) is 0. The van der Waals surface area contributed by atoms with Gasteiger partial charge >= 0.3 is 6.09 Å². The Morgan fingerprint density at radius 2 is 2.00 bits per heavy atom. The van der Waals surface area contributed by atoms with Crippen LogP contribution >= 0.6 is 0 Å². The van der Waals surface area contributed by atoms with Gasteiger partial charge in [-0.15, -0.1) is 0 Å². The van der Waals surface area contributed by atoms with Gasteiger partial charge in [-0.2, -0.15) is 0 Å². The molecule has 1 saturated heterocycles. The Bertz CT molecular complexity index is 328. The number of hydrogen-bond donors (Lipinski definition) is 1. The Hall–Kier alpha value is -0.910. The van der Waals surface area contributed by atoms with E-state index < -0.39 is 36.2 Å². The van der Waals surface area contributed by atoms with Gasteiger partial charge in [-0.05, 0) is 27.2 Å². The molecule has 0 radical (unpaired) electrons. The molecule has 0 aromatic carbocycles. The molecular weight excluding hydrogens is 244 g/mol. The molecule has 1 atom stereocenters. The monoisotopic (exact) mass is 265 g/mol. The van der Waals surface area contributed by atoms with Crippen LogP contribution in [0.2, 0.25) is 0 Å². The lowest BCUT2D eigenvalue weighted by molar-refractivity contribution is -0.173. The number of piperidine rings is 1. The third kappa shape index (κ3) is 3.10. The Labute approximate surface area is 106 Å². The lowest BCUT2D eigenvalue weighted by atomic mass is 9.78. The Balaban J connectivity index is 2.73. The molecule has 0 bridgehead atoms. The summed E-state index contributed by atoms with van der Waals surface area (Å²) in [6.07, 6.45) is -0.683. The van der Waals surface area contributed by atoms with Crippen molar-refractivity contribution in [2.24, 2.45) is 5.41 Å². The van der Waals surface area contributed by atoms with Gasteiger partial charge in [0.05, 0.1) is 18.6 Å². The van der Waals surface area contributed by atoms with E-state index in [0.717, 1.165) is 4.90 Å². The minimum Gasteiger partial charge on any atom is -0.444 e. The second kappa shape index (κ2) is 4.64. The second-order valence-corrected chi connectivity index (χ2v) is 6.08. The van der Waals surface area contributed by atoms with Gasteiger partial charge in [-0.1, -0.05) is 6.92 Å². The van der Waals surface area contributed by atoms with Crippen molar-refractivity contribution in [3.8, 4) is 0 Å². The van der Waals surface area contributed by atoms with Crippen LogP contribution in [0.5, 0.6) is 0 Å². The molecule has 1 aliphatic heterocycles. The van der Waals surface area contributed by atoms with Gasteiger partial charge < -0.3 is 14.7 Å². The molecule has 6 heteroatoms. The Morgan fingerprint density at radius 1 is 1.44 bits per heavy atom. The van der Waals surface area contributed by atoms with Crippen molar-refractivity contribution in [2.45, 2.75) is 45.6 Å². The minimum absolute atomic E-state index is 0.0513. The van der Waals surface area contributed by atoms with E-state index in [0.29, 0.717) is 0 Å². The number of alkyl halides is 2. The SMILES string of the molecule is CC(C)(C)OC(=O)N1CCC(C)(CO)C(F)(F)C1. The van der Waals surface area contributed by atoms with Crippen molar-refractivity contribution in [3.63, 3.8) is 0 Å². The first-order valence-corrected chi connectivity index (χ1v) is 5.97. The molecule has 1 aliphatic rings. The van der Waals surface area contributed by atoms with Crippen molar-refractivity contribution in [1.82, 2.24) is 4.90 Å². The molecule has 1 unspecified atom stereocenters. The zero-order valence-electron chi connectivity index (χ0n) is 11.3. The fourth-order valence-corrected chi connectivity index (χ4v) is 1.75. The smallest absolute Gasteiger partial charge is 0.410 e. The summed E-state index contributed by atoms with van der Waals surface area (Å²) < 4.78 is 32.8. The van der Waals surface area contributed by atoms with E-state index in [1.54, 1.807) is 20.8 Å². The van der Waals surface area contributed by atoms with Gasteiger partial charge in [0.25, 0.3) is 5.92 Å². The second-order valence-electron chi connectivity index (χ2n) is 6.08. The average molecular weight is 265 g/mol. The molecule has 1 heterocycles. The fourth-order valence-electron chi connectivity index (χ4n) is 1.75. The zero-order chi connectivity index (χ0) is 14.2. The number of amides is 1. The van der Waals surface area contributed by atoms with Crippen LogP contribution in [0.4, 0.5) is 13.6 Å². The highest BCUT2D eigenvalue weighted by molar-refractivity contribution is 5.68. The lowest BCUT2D eigenvalue weighted by Crippen LogP contribution is -2.57. The summed E-state index contributed by atoms with van der Waals surface area (Å²) in [6.45, 7) is 5.25. The molecule has 1 amide bonds. The number of aliphatic hydroxyl groups is 1. The molecule has 4 nitrogen and oxygen atoms in total. The largest absolute Gasteiger partial charge is 0.444 e. The molecule has 1 N–H and O–H groups in total. The zero-order valence-corrected chi connectivity index (χ0v) is 11.3. The first-order valence-electron chi connectivity index (χ1n) is 5.97. The van der Waals surface area contributed by atoms with Gasteiger partial charge in [-0.25, -0.2) is 13.6 Å². The number of carbonyl (C=O) groups excluding carboxylic acids is 1. The predicted molar refractivity (Wildman–Crippen MR) is 62.6 cm³/mol. The standard InChI is InChI=1S/C12H21F2NO3/c1-10(2,3)18-9(17)15-6-5-11(4,8-16)12(13,14)7-15/h16H,5-8H2,1-4H3. The third-order valence-corrected chi connectivity index (χ3v) is 3.21. The highest BCUT2D eigenvalue weighted by Crippen LogP contribution is 2.43. The van der Waals surface area contributed by atoms with Crippen molar-refractivity contribution in [3.05, 3.63) is 0 Å². The third-order valence-electron chi connectivity index (χ3n) is 3.21. The predicted octanol–water partition coefficient (Wildman–Crippen LogP) is 2.26. The minimum atomic E-state index is -3.11. The Kier molecular flexibility index (Phi) is 3.91. The molecular formula is C12H21F2NO3. The van der Waals surface area contributed by atoms with Crippen molar-refractivity contribution < 1.29 is 23.4 Å². The van der Waals surface area contributed by atoms with Crippen molar-refractivity contribution in [1.29, 1.82) is 0 Å². The number of halogens is 2. The van der Waals surface area contributed by atoms with Crippen molar-refractivity contribution in [2.75, 3.05) is 19.7 Å². The molecule has 1 fully saturated rings. The lowest BCUT2D eigenvalue weighted by Gasteiger charge is -2.44. The number of hydrogen-bond acceptors (Lipinski definition) is 3. The van der Waals surface area contributed by atoms with Gasteiger partial charge in [0, 0.05) is 6.54 Å². The fraction of sp³-hybridized carbons (Fsp3) is 0.917. The normalized spacial score (nSPS) is 28.1. The number of likely N-dealkylation sites (tertiary alicyclic amines) is 1. The van der Waals surface area contributed by atoms with Crippen LogP contribution in [0.15, 0.2) is 0 Å². The number of carbonyl (C=O) groups is 1. The molecule has 0 aliphatic carbocycles. The molecule has 1 rings (SSSR count). The molecule has 0 spiro atoms. The number of nitrogens with zero attached hydrogens (tertiary/aromatic N) is 1. The molecule has 0 aromatic heterocycles. The van der Waals surface area contributed by atoms with Gasteiger partial charge in [0.15, 0.2) is 0 Å². The summed E-state index contributed by atoms with van der Waals surface area (Å²) in [6, 6.07) is 0. The van der Waals surface area contributed by atoms with E-state index in [2.05, 4.69) is 0 Å². The summed E-state index contributed by atoms with van der Waals surface area (Å²) in [4.78, 5) is 12.7. The highest BCUT2D eigenvalue weighted by atomic mass is 19.3. The summed E-state index contributed by atoms with van der Waals surface area (Å²) >= 11 is 0. The first kappa shape index (κ1) is 15.1. The van der Waals surface area contributed by atoms with Crippen LogP contribution in [-0.4, -0.2) is 47.3 Å². The quantitative estimate of drug-likeness (QED) is 0.791. The van der Waals surface area contributed by atoms with E-state index >= 15 is 0 Å². The van der Waals surface area contributed by atoms with Crippen molar-refractivity contribution >= 4 is 6.09 Å². The number of rotatable bonds is 1. The van der Waals surface area contributed by atoms with Crippen LogP contribution in [0.25, 0.3) is 0 Å². The molecule has 0 aromatic rings. The summed E-state index contributed by atoms with van der Waals surface area (Å²) in [5.74, 6) is -3.11. The van der Waals surface area contributed by atoms with Crippen LogP contribution in [-0.2, 0) is 4.74 Å². The highest BCUT2D eigenvalue weighted by Gasteiger charge is 2.54. The number of ether oxygens (including phenoxy) is 1. The molecule has 106 valence electrons. The van der Waals surface area contributed by atoms with Crippen LogP contribution in [0.3, 0.4) is 0 Å². The summed E-state index contributed by atoms with van der Waals surface area (Å²) in [5.41, 5.74) is -2.17. The maximum Gasteiger partial charge on any atom is 0.410 e. The molecule has 18 heavy (non-hydrogen) atoms. The van der Waals surface area contributed by atoms with Gasteiger partial charge in [0.2, 0.25) is 0 Å². The van der Waals surface area contributed by atoms with E-state index in [1.165, 1.54) is 6.92 Å². The topological polar surface area (TPSA) is 49.8 Å². The average Bonchev–Trinajstić information content (AvgIpc) is 2.19. The first-order chi connectivity index (χ1) is 8.01. The van der Waals surface area contributed by atoms with Gasteiger partial charge in [0.1, 0.15) is 5.60 Å². The van der Waals surface area contributed by atoms with Crippen LogP contribution in [0, 0.1) is 5.41 Å². The maximum absolute atomic E-state index is 13.9. The van der Waals surface area contributed by atoms with Crippen LogP contribution < -0.4 is 0 Å². The van der Waals surface area contributed by atoms with E-state index in [9.17, 15) is 13.6 Å². The Morgan fingerprint density at radius 3 is 2.39 bits per heavy atom. The molecule has 0 saturated carbocycles. The summed E-state index contributed by atoms with van der Waals surface area (Å²) in [5, 5.41) is 9.08. The van der Waals surface area contributed by atoms with E-state index in [-0.39, 0.29) is 13.0 Å². The van der Waals surface area contributed by atoms with Gasteiger partial charge in [-0.3, -0.25) is 0 Å². The van der Waals surface area contributed by atoms with E-state index in [1.807, 2.05) is 0 Å². The van der Waals surface area contributed by atoms with Crippen LogP contribution in [0.1, 0.15) is 34.1 Å². The maximum atomic E-state index is 13.9. The number of aliphatic hydroxyl groups excluding tert-OH is 1.